The second kappa shape index (κ2) is 6.61. The Morgan fingerprint density at radius 3 is 2.47 bits per heavy atom. The molecule has 0 atom stereocenters. The lowest BCUT2D eigenvalue weighted by atomic mass is 10.3. The summed E-state index contributed by atoms with van der Waals surface area (Å²) in [7, 11) is 0. The molecule has 15 heavy (non-hydrogen) atoms. The number of thioether (sulfide) groups is 1. The number of hydrogen-bond acceptors (Lipinski definition) is 5. The summed E-state index contributed by atoms with van der Waals surface area (Å²) in [4.78, 5) is 12.6. The summed E-state index contributed by atoms with van der Waals surface area (Å²) in [6.07, 6.45) is 3.08. The maximum atomic E-state index is 5.62. The lowest BCUT2D eigenvalue weighted by Gasteiger charge is -2.03. The van der Waals surface area contributed by atoms with Crippen LogP contribution in [0.4, 0.5) is 5.95 Å². The van der Waals surface area contributed by atoms with E-state index >= 15 is 0 Å². The molecule has 4 nitrogen and oxygen atoms in total. The highest BCUT2D eigenvalue weighted by Crippen LogP contribution is 2.10. The molecule has 1 aromatic rings. The highest BCUT2D eigenvalue weighted by Gasteiger charge is 2.03. The summed E-state index contributed by atoms with van der Waals surface area (Å²) in [5, 5.41) is 0. The van der Waals surface area contributed by atoms with E-state index in [1.165, 1.54) is 6.42 Å². The summed E-state index contributed by atoms with van der Waals surface area (Å²) in [6.45, 7) is 4.27. The summed E-state index contributed by atoms with van der Waals surface area (Å²) in [5.41, 5.74) is 5.62. The molecule has 0 bridgehead atoms. The zero-order chi connectivity index (χ0) is 11.1. The number of aromatic nitrogens is 3. The van der Waals surface area contributed by atoms with Crippen molar-refractivity contribution in [3.05, 3.63) is 11.6 Å². The molecule has 0 saturated carbocycles. The van der Waals surface area contributed by atoms with Crippen LogP contribution in [0.15, 0.2) is 0 Å². The smallest absolute Gasteiger partial charge is 0.223 e. The minimum Gasteiger partial charge on any atom is -0.368 e. The van der Waals surface area contributed by atoms with Crippen LogP contribution in [-0.4, -0.2) is 20.7 Å². The van der Waals surface area contributed by atoms with Gasteiger partial charge in [-0.1, -0.05) is 13.8 Å². The zero-order valence-electron chi connectivity index (χ0n) is 9.36. The van der Waals surface area contributed by atoms with Crippen LogP contribution in [0.2, 0.25) is 0 Å². The average Bonchev–Trinajstić information content (AvgIpc) is 2.18. The fraction of sp³-hybridized carbons (Fsp3) is 0.700. The van der Waals surface area contributed by atoms with Gasteiger partial charge in [-0.05, 0) is 18.6 Å². The maximum Gasteiger partial charge on any atom is 0.223 e. The van der Waals surface area contributed by atoms with E-state index in [2.05, 4.69) is 28.8 Å². The lowest BCUT2D eigenvalue weighted by Crippen LogP contribution is -2.06. The molecule has 0 radical (unpaired) electrons. The zero-order valence-corrected chi connectivity index (χ0v) is 10.2. The molecular weight excluding hydrogens is 208 g/mol. The lowest BCUT2D eigenvalue weighted by molar-refractivity contribution is 0.802. The first-order chi connectivity index (χ1) is 7.26. The predicted octanol–water partition coefficient (Wildman–Crippen LogP) is 2.05. The highest BCUT2D eigenvalue weighted by atomic mass is 32.2. The molecule has 0 amide bonds. The van der Waals surface area contributed by atoms with Crippen LogP contribution in [0, 0.1) is 0 Å². The van der Waals surface area contributed by atoms with Crippen molar-refractivity contribution in [3.8, 4) is 0 Å². The molecule has 1 heterocycles. The van der Waals surface area contributed by atoms with Crippen molar-refractivity contribution in [1.82, 2.24) is 15.0 Å². The van der Waals surface area contributed by atoms with Crippen LogP contribution in [0.5, 0.6) is 0 Å². The molecule has 5 heteroatoms. The molecule has 0 aliphatic heterocycles. The molecule has 84 valence electrons. The van der Waals surface area contributed by atoms with Gasteiger partial charge in [-0.25, -0.2) is 4.98 Å². The minimum absolute atomic E-state index is 0.348. The third kappa shape index (κ3) is 4.46. The van der Waals surface area contributed by atoms with Crippen molar-refractivity contribution in [2.75, 3.05) is 11.5 Å². The summed E-state index contributed by atoms with van der Waals surface area (Å²) < 4.78 is 0. The van der Waals surface area contributed by atoms with E-state index in [1.807, 2.05) is 11.8 Å². The molecule has 0 aliphatic rings. The molecule has 1 aromatic heterocycles. The summed E-state index contributed by atoms with van der Waals surface area (Å²) in [5.74, 6) is 3.94. The number of rotatable bonds is 6. The standard InChI is InChI=1S/C10H18N4S/c1-3-5-8-12-9(7-15-6-4-2)14-10(11)13-8/h3-7H2,1-2H3,(H2,11,12,13,14). The van der Waals surface area contributed by atoms with Crippen LogP contribution in [0.3, 0.4) is 0 Å². The minimum atomic E-state index is 0.348. The number of hydrogen-bond donors (Lipinski definition) is 1. The second-order valence-corrected chi connectivity index (χ2v) is 4.43. The summed E-state index contributed by atoms with van der Waals surface area (Å²) >= 11 is 1.83. The Kier molecular flexibility index (Phi) is 5.39. The first-order valence-electron chi connectivity index (χ1n) is 5.33. The fourth-order valence-corrected chi connectivity index (χ4v) is 1.94. The van der Waals surface area contributed by atoms with Gasteiger partial charge in [0.25, 0.3) is 0 Å². The van der Waals surface area contributed by atoms with Crippen LogP contribution >= 0.6 is 11.8 Å². The molecule has 0 fully saturated rings. The largest absolute Gasteiger partial charge is 0.368 e. The van der Waals surface area contributed by atoms with Gasteiger partial charge >= 0.3 is 0 Å². The van der Waals surface area contributed by atoms with Gasteiger partial charge in [0, 0.05) is 6.42 Å². The molecule has 2 N–H and O–H groups in total. The van der Waals surface area contributed by atoms with Crippen molar-refractivity contribution < 1.29 is 0 Å². The van der Waals surface area contributed by atoms with E-state index in [0.717, 1.165) is 36.0 Å². The third-order valence-electron chi connectivity index (χ3n) is 1.80. The number of nitrogens with two attached hydrogens (primary N) is 1. The molecule has 0 unspecified atom stereocenters. The number of anilines is 1. The third-order valence-corrected chi connectivity index (χ3v) is 2.96. The quantitative estimate of drug-likeness (QED) is 0.752. The molecule has 0 saturated heterocycles. The van der Waals surface area contributed by atoms with Gasteiger partial charge < -0.3 is 5.73 Å². The Balaban J connectivity index is 2.62. The van der Waals surface area contributed by atoms with Crippen LogP contribution < -0.4 is 5.73 Å². The van der Waals surface area contributed by atoms with Crippen molar-refractivity contribution in [2.45, 2.75) is 38.9 Å². The fourth-order valence-electron chi connectivity index (χ4n) is 1.20. The van der Waals surface area contributed by atoms with Crippen LogP contribution in [0.25, 0.3) is 0 Å². The van der Waals surface area contributed by atoms with Crippen molar-refractivity contribution in [3.63, 3.8) is 0 Å². The van der Waals surface area contributed by atoms with Gasteiger partial charge in [-0.3, -0.25) is 0 Å². The van der Waals surface area contributed by atoms with Crippen LogP contribution in [0.1, 0.15) is 38.3 Å². The van der Waals surface area contributed by atoms with Crippen molar-refractivity contribution >= 4 is 17.7 Å². The normalized spacial score (nSPS) is 10.5. The summed E-state index contributed by atoms with van der Waals surface area (Å²) in [6, 6.07) is 0. The predicted molar refractivity (Wildman–Crippen MR) is 64.7 cm³/mol. The second-order valence-electron chi connectivity index (χ2n) is 3.33. The SMILES string of the molecule is CCCSCc1nc(N)nc(CCC)n1. The Morgan fingerprint density at radius 1 is 1.07 bits per heavy atom. The van der Waals surface area contributed by atoms with E-state index in [9.17, 15) is 0 Å². The first kappa shape index (κ1) is 12.2. The molecule has 0 aromatic carbocycles. The van der Waals surface area contributed by atoms with Gasteiger partial charge in [0.2, 0.25) is 5.95 Å². The van der Waals surface area contributed by atoms with Gasteiger partial charge in [0.1, 0.15) is 11.6 Å². The van der Waals surface area contributed by atoms with E-state index < -0.39 is 0 Å². The van der Waals surface area contributed by atoms with E-state index in [4.69, 9.17) is 5.73 Å². The Labute approximate surface area is 95.1 Å². The van der Waals surface area contributed by atoms with E-state index in [0.29, 0.717) is 5.95 Å². The highest BCUT2D eigenvalue weighted by molar-refractivity contribution is 7.98. The molecule has 0 aliphatic carbocycles. The Morgan fingerprint density at radius 2 is 1.80 bits per heavy atom. The topological polar surface area (TPSA) is 64.7 Å². The van der Waals surface area contributed by atoms with Gasteiger partial charge in [0.05, 0.1) is 5.75 Å². The molecular formula is C10H18N4S. The number of nitrogen functional groups attached to an aromatic ring is 1. The molecule has 1 rings (SSSR count). The van der Waals surface area contributed by atoms with Crippen LogP contribution in [-0.2, 0) is 12.2 Å². The average molecular weight is 226 g/mol. The van der Waals surface area contributed by atoms with Gasteiger partial charge in [-0.2, -0.15) is 21.7 Å². The first-order valence-corrected chi connectivity index (χ1v) is 6.48. The molecule has 0 spiro atoms. The van der Waals surface area contributed by atoms with E-state index in [-0.39, 0.29) is 0 Å². The number of aryl methyl sites for hydroxylation is 1. The Bertz CT molecular complexity index is 303. The number of nitrogens with zero attached hydrogens (tertiary/aromatic N) is 3. The maximum absolute atomic E-state index is 5.62. The Hall–Kier alpha value is -0.840. The van der Waals surface area contributed by atoms with Gasteiger partial charge in [-0.15, -0.1) is 0 Å². The van der Waals surface area contributed by atoms with E-state index in [1.54, 1.807) is 0 Å². The van der Waals surface area contributed by atoms with Crippen molar-refractivity contribution in [1.29, 1.82) is 0 Å². The van der Waals surface area contributed by atoms with Crippen molar-refractivity contribution in [2.24, 2.45) is 0 Å². The van der Waals surface area contributed by atoms with Gasteiger partial charge in [0.15, 0.2) is 0 Å². The monoisotopic (exact) mass is 226 g/mol.